The van der Waals surface area contributed by atoms with Crippen LogP contribution in [0, 0.1) is 17.3 Å². The molecule has 1 heterocycles. The number of esters is 1. The zero-order valence-electron chi connectivity index (χ0n) is 12.2. The number of carbonyl (C=O) groups excluding carboxylic acids is 3. The average Bonchev–Trinajstić information content (AvgIpc) is 3.04. The number of ketones is 2. The number of allylic oxidation sites excluding steroid dienone is 1. The Morgan fingerprint density at radius 1 is 1.29 bits per heavy atom. The fourth-order valence-electron chi connectivity index (χ4n) is 4.97. The number of hydrogen-bond acceptors (Lipinski definition) is 5. The molecule has 2 bridgehead atoms. The molecule has 5 aliphatic rings. The minimum atomic E-state index is -1.48. The molecule has 2 fully saturated rings. The van der Waals surface area contributed by atoms with Crippen molar-refractivity contribution in [2.75, 3.05) is 6.61 Å². The Labute approximate surface area is 122 Å². The van der Waals surface area contributed by atoms with Gasteiger partial charge in [0.15, 0.2) is 0 Å². The van der Waals surface area contributed by atoms with Crippen molar-refractivity contribution in [1.82, 2.24) is 0 Å². The van der Waals surface area contributed by atoms with Gasteiger partial charge in [-0.15, -0.1) is 0 Å². The maximum absolute atomic E-state index is 13.0. The lowest BCUT2D eigenvalue weighted by Gasteiger charge is -2.55. The van der Waals surface area contributed by atoms with Gasteiger partial charge in [0, 0.05) is 5.92 Å². The van der Waals surface area contributed by atoms with Crippen molar-refractivity contribution in [1.29, 1.82) is 0 Å². The first-order valence-corrected chi connectivity index (χ1v) is 7.54. The van der Waals surface area contributed by atoms with Gasteiger partial charge >= 0.3 is 5.97 Å². The maximum atomic E-state index is 13.0. The lowest BCUT2D eigenvalue weighted by molar-refractivity contribution is -0.237. The van der Waals surface area contributed by atoms with E-state index in [2.05, 4.69) is 0 Å². The van der Waals surface area contributed by atoms with Gasteiger partial charge in [-0.3, -0.25) is 9.59 Å². The molecule has 0 amide bonds. The fraction of sp³-hybridized carbons (Fsp3) is 0.688. The fourth-order valence-corrected chi connectivity index (χ4v) is 4.97. The molecule has 0 aromatic rings. The van der Waals surface area contributed by atoms with Crippen molar-refractivity contribution >= 4 is 17.5 Å². The lowest BCUT2D eigenvalue weighted by Crippen LogP contribution is -2.66. The summed E-state index contributed by atoms with van der Waals surface area (Å²) in [5, 5.41) is 0. The Morgan fingerprint density at radius 2 is 2.05 bits per heavy atom. The second-order valence-corrected chi connectivity index (χ2v) is 6.83. The van der Waals surface area contributed by atoms with E-state index in [0.717, 1.165) is 24.8 Å². The summed E-state index contributed by atoms with van der Waals surface area (Å²) in [6.07, 6.45) is 3.31. The summed E-state index contributed by atoms with van der Waals surface area (Å²) in [4.78, 5) is 36.6. The van der Waals surface area contributed by atoms with E-state index in [0.29, 0.717) is 6.42 Å². The Balaban J connectivity index is 1.93. The highest BCUT2D eigenvalue weighted by Gasteiger charge is 2.73. The molecule has 4 unspecified atom stereocenters. The van der Waals surface area contributed by atoms with Crippen molar-refractivity contribution < 1.29 is 23.9 Å². The van der Waals surface area contributed by atoms with Gasteiger partial charge in [0.25, 0.3) is 5.79 Å². The summed E-state index contributed by atoms with van der Waals surface area (Å²) in [6.45, 7) is 3.29. The summed E-state index contributed by atoms with van der Waals surface area (Å²) in [7, 11) is 0. The molecule has 5 heteroatoms. The van der Waals surface area contributed by atoms with Crippen LogP contribution in [0.25, 0.3) is 0 Å². The molecular weight excluding hydrogens is 272 g/mol. The van der Waals surface area contributed by atoms with Gasteiger partial charge in [0.05, 0.1) is 11.3 Å². The number of fused-ring (bicyclic) bond motifs is 1. The van der Waals surface area contributed by atoms with Gasteiger partial charge in [-0.1, -0.05) is 11.1 Å². The van der Waals surface area contributed by atoms with Gasteiger partial charge in [-0.25, -0.2) is 4.79 Å². The summed E-state index contributed by atoms with van der Waals surface area (Å²) in [5.41, 5.74) is 1.62. The summed E-state index contributed by atoms with van der Waals surface area (Å²) in [6, 6.07) is 0. The number of ether oxygens (including phenoxy) is 2. The van der Waals surface area contributed by atoms with Crippen molar-refractivity contribution in [3.05, 3.63) is 11.1 Å². The molecule has 1 saturated carbocycles. The standard InChI is InChI=1S/C16H18O5/c1-8(17)10-6-15(2)11-5-3-4-9(11)13(10)14(19)16(15)20-7-12(18)21-16/h10,13H,3-7H2,1-2H3. The zero-order chi connectivity index (χ0) is 15.0. The highest BCUT2D eigenvalue weighted by atomic mass is 16.8. The zero-order valence-corrected chi connectivity index (χ0v) is 12.2. The molecular formula is C16H18O5. The Kier molecular flexibility index (Phi) is 2.40. The van der Waals surface area contributed by atoms with Crippen molar-refractivity contribution in [2.24, 2.45) is 17.3 Å². The normalized spacial score (nSPS) is 44.5. The summed E-state index contributed by atoms with van der Waals surface area (Å²) in [5.74, 6) is -2.90. The van der Waals surface area contributed by atoms with Crippen molar-refractivity contribution in [3.8, 4) is 0 Å². The Morgan fingerprint density at radius 3 is 2.67 bits per heavy atom. The van der Waals surface area contributed by atoms with Crippen LogP contribution in [0.2, 0.25) is 0 Å². The third-order valence-electron chi connectivity index (χ3n) is 5.84. The van der Waals surface area contributed by atoms with Gasteiger partial charge in [0.1, 0.15) is 12.4 Å². The van der Waals surface area contributed by atoms with Gasteiger partial charge in [-0.2, -0.15) is 0 Å². The molecule has 1 spiro atoms. The molecule has 0 aromatic carbocycles. The van der Waals surface area contributed by atoms with Crippen LogP contribution in [0.5, 0.6) is 0 Å². The molecule has 5 nitrogen and oxygen atoms in total. The minimum absolute atomic E-state index is 0.0391. The van der Waals surface area contributed by atoms with Crippen LogP contribution < -0.4 is 0 Å². The van der Waals surface area contributed by atoms with Crippen LogP contribution in [-0.2, 0) is 23.9 Å². The predicted molar refractivity (Wildman–Crippen MR) is 71.0 cm³/mol. The number of carbonyl (C=O) groups is 3. The van der Waals surface area contributed by atoms with Crippen LogP contribution >= 0.6 is 0 Å². The molecule has 5 rings (SSSR count). The monoisotopic (exact) mass is 290 g/mol. The highest BCUT2D eigenvalue weighted by Crippen LogP contribution is 2.65. The second kappa shape index (κ2) is 3.83. The molecule has 4 atom stereocenters. The van der Waals surface area contributed by atoms with Crippen LogP contribution in [-0.4, -0.2) is 29.9 Å². The molecule has 112 valence electrons. The molecule has 0 radical (unpaired) electrons. The second-order valence-electron chi connectivity index (χ2n) is 6.83. The largest absolute Gasteiger partial charge is 0.423 e. The highest BCUT2D eigenvalue weighted by molar-refractivity contribution is 6.01. The van der Waals surface area contributed by atoms with Crippen molar-refractivity contribution in [2.45, 2.75) is 45.3 Å². The first kappa shape index (κ1) is 13.2. The van der Waals surface area contributed by atoms with Crippen LogP contribution in [0.4, 0.5) is 0 Å². The number of Topliss-reactive ketones (excluding diaryl/α,β-unsaturated/α-hetero) is 2. The van der Waals surface area contributed by atoms with Crippen LogP contribution in [0.15, 0.2) is 11.1 Å². The van der Waals surface area contributed by atoms with Gasteiger partial charge in [-0.05, 0) is 39.5 Å². The van der Waals surface area contributed by atoms with E-state index in [1.807, 2.05) is 6.92 Å². The Bertz CT molecular complexity index is 618. The third kappa shape index (κ3) is 1.33. The maximum Gasteiger partial charge on any atom is 0.335 e. The van der Waals surface area contributed by atoms with Crippen LogP contribution in [0.3, 0.4) is 0 Å². The van der Waals surface area contributed by atoms with Gasteiger partial charge < -0.3 is 9.47 Å². The predicted octanol–water partition coefficient (Wildman–Crippen LogP) is 1.55. The molecule has 0 N–H and O–H groups in total. The molecule has 0 aromatic heterocycles. The number of rotatable bonds is 1. The summed E-state index contributed by atoms with van der Waals surface area (Å²) >= 11 is 0. The first-order valence-electron chi connectivity index (χ1n) is 7.54. The van der Waals surface area contributed by atoms with Crippen molar-refractivity contribution in [3.63, 3.8) is 0 Å². The van der Waals surface area contributed by atoms with E-state index in [1.54, 1.807) is 6.92 Å². The van der Waals surface area contributed by atoms with E-state index in [1.165, 1.54) is 5.57 Å². The third-order valence-corrected chi connectivity index (χ3v) is 5.84. The lowest BCUT2D eigenvalue weighted by atomic mass is 9.51. The van der Waals surface area contributed by atoms with E-state index in [4.69, 9.17) is 9.47 Å². The van der Waals surface area contributed by atoms with E-state index >= 15 is 0 Å². The molecule has 21 heavy (non-hydrogen) atoms. The van der Waals surface area contributed by atoms with Gasteiger partial charge in [0.2, 0.25) is 5.78 Å². The molecule has 1 saturated heterocycles. The quantitative estimate of drug-likeness (QED) is 0.541. The van der Waals surface area contributed by atoms with E-state index < -0.39 is 23.1 Å². The number of hydrogen-bond donors (Lipinski definition) is 0. The topological polar surface area (TPSA) is 69.7 Å². The average molecular weight is 290 g/mol. The molecule has 4 aliphatic carbocycles. The first-order chi connectivity index (χ1) is 9.91. The van der Waals surface area contributed by atoms with E-state index in [9.17, 15) is 14.4 Å². The summed E-state index contributed by atoms with van der Waals surface area (Å²) < 4.78 is 11.0. The van der Waals surface area contributed by atoms with Crippen LogP contribution in [0.1, 0.15) is 39.5 Å². The smallest absolute Gasteiger partial charge is 0.335 e. The molecule has 1 aliphatic heterocycles. The SMILES string of the molecule is CC(=O)C1CC2(C)C3=C(CCC3)C1C(=O)C21OCC(=O)O1. The van der Waals surface area contributed by atoms with E-state index in [-0.39, 0.29) is 24.1 Å². The Hall–Kier alpha value is -1.49. The minimum Gasteiger partial charge on any atom is -0.423 e.